The molecule has 1 aromatic carbocycles. The third-order valence-corrected chi connectivity index (χ3v) is 3.13. The lowest BCUT2D eigenvalue weighted by molar-refractivity contribution is 0.105. The second-order valence-electron chi connectivity index (χ2n) is 3.20. The van der Waals surface area contributed by atoms with Gasteiger partial charge < -0.3 is 10.5 Å². The molecule has 0 saturated heterocycles. The number of nitrogen functional groups attached to an aromatic ring is 1. The predicted molar refractivity (Wildman–Crippen MR) is 67.0 cm³/mol. The summed E-state index contributed by atoms with van der Waals surface area (Å²) in [6, 6.07) is 7.98. The van der Waals surface area contributed by atoms with E-state index in [0.29, 0.717) is 23.9 Å². The molecule has 0 radical (unpaired) electrons. The van der Waals surface area contributed by atoms with Gasteiger partial charge in [-0.05, 0) is 17.7 Å². The summed E-state index contributed by atoms with van der Waals surface area (Å²) in [4.78, 5) is 0. The van der Waals surface area contributed by atoms with Crippen LogP contribution in [0.2, 0.25) is 0 Å². The molecule has 16 heavy (non-hydrogen) atoms. The van der Waals surface area contributed by atoms with E-state index in [9.17, 15) is 0 Å². The average Bonchev–Trinajstić information content (AvgIpc) is 2.68. The van der Waals surface area contributed by atoms with E-state index >= 15 is 0 Å². The van der Waals surface area contributed by atoms with E-state index in [1.807, 2.05) is 24.3 Å². The Balaban J connectivity index is 1.84. The Morgan fingerprint density at radius 3 is 2.62 bits per heavy atom. The molecule has 0 unspecified atom stereocenters. The first-order chi connectivity index (χ1) is 7.75. The Hall–Kier alpha value is -0.980. The highest BCUT2D eigenvalue weighted by Gasteiger charge is 2.03. The second kappa shape index (κ2) is 5.38. The smallest absolute Gasteiger partial charge is 0.133 e. The van der Waals surface area contributed by atoms with E-state index in [-0.39, 0.29) is 0 Å². The van der Waals surface area contributed by atoms with Crippen molar-refractivity contribution in [2.75, 3.05) is 5.73 Å². The minimum Gasteiger partial charge on any atom is -0.388 e. The van der Waals surface area contributed by atoms with Gasteiger partial charge in [0.2, 0.25) is 0 Å². The quantitative estimate of drug-likeness (QED) is 0.943. The van der Waals surface area contributed by atoms with Gasteiger partial charge in [-0.1, -0.05) is 32.6 Å². The Labute approximate surface area is 106 Å². The highest BCUT2D eigenvalue weighted by atomic mass is 79.9. The van der Waals surface area contributed by atoms with Gasteiger partial charge in [0, 0.05) is 16.0 Å². The summed E-state index contributed by atoms with van der Waals surface area (Å²) in [5.41, 5.74) is 7.47. The van der Waals surface area contributed by atoms with Crippen LogP contribution in [0.15, 0.2) is 28.7 Å². The molecule has 0 aliphatic heterocycles. The number of hydrogen-bond acceptors (Lipinski definition) is 5. The Kier molecular flexibility index (Phi) is 3.87. The maximum absolute atomic E-state index is 5.65. The van der Waals surface area contributed by atoms with Crippen LogP contribution in [-0.4, -0.2) is 9.59 Å². The normalized spacial score (nSPS) is 10.6. The predicted octanol–water partition coefficient (Wildman–Crippen LogP) is 2.60. The van der Waals surface area contributed by atoms with Crippen molar-refractivity contribution in [2.24, 2.45) is 0 Å². The summed E-state index contributed by atoms with van der Waals surface area (Å²) in [7, 11) is 0. The molecular weight excluding hydrogens is 290 g/mol. The van der Waals surface area contributed by atoms with Gasteiger partial charge in [0.15, 0.2) is 0 Å². The number of halogens is 1. The number of ether oxygens (including phenoxy) is 1. The van der Waals surface area contributed by atoms with Crippen molar-refractivity contribution in [2.45, 2.75) is 13.2 Å². The highest BCUT2D eigenvalue weighted by Crippen LogP contribution is 2.15. The molecule has 84 valence electrons. The van der Waals surface area contributed by atoms with E-state index in [2.05, 4.69) is 25.5 Å². The number of hydrogen-bond donors (Lipinski definition) is 1. The molecule has 1 aromatic heterocycles. The van der Waals surface area contributed by atoms with Crippen molar-refractivity contribution in [3.8, 4) is 0 Å². The molecule has 0 aliphatic carbocycles. The summed E-state index contributed by atoms with van der Waals surface area (Å²) in [6.07, 6.45) is 0. The first-order valence-corrected chi connectivity index (χ1v) is 6.21. The number of aromatic nitrogens is 2. The Bertz CT molecular complexity index is 457. The lowest BCUT2D eigenvalue weighted by Crippen LogP contribution is -1.97. The van der Waals surface area contributed by atoms with Crippen LogP contribution in [0.3, 0.4) is 0 Å². The molecule has 2 rings (SSSR count). The van der Waals surface area contributed by atoms with Crippen molar-refractivity contribution in [3.63, 3.8) is 0 Å². The number of anilines is 1. The molecule has 0 amide bonds. The lowest BCUT2D eigenvalue weighted by Gasteiger charge is -2.02. The second-order valence-corrected chi connectivity index (χ2v) is 4.90. The van der Waals surface area contributed by atoms with E-state index in [1.165, 1.54) is 11.5 Å². The van der Waals surface area contributed by atoms with Crippen molar-refractivity contribution in [1.29, 1.82) is 0 Å². The maximum atomic E-state index is 5.65. The molecule has 0 saturated carbocycles. The summed E-state index contributed by atoms with van der Waals surface area (Å²) in [6.45, 7) is 0.947. The zero-order chi connectivity index (χ0) is 11.4. The largest absolute Gasteiger partial charge is 0.388 e. The van der Waals surface area contributed by atoms with Gasteiger partial charge in [0.1, 0.15) is 10.7 Å². The van der Waals surface area contributed by atoms with Crippen LogP contribution in [-0.2, 0) is 18.0 Å². The summed E-state index contributed by atoms with van der Waals surface area (Å²) < 4.78 is 10.3. The molecule has 0 aliphatic rings. The molecule has 0 bridgehead atoms. The van der Waals surface area contributed by atoms with E-state index in [1.54, 1.807) is 0 Å². The topological polar surface area (TPSA) is 61.0 Å². The van der Waals surface area contributed by atoms with Crippen molar-refractivity contribution >= 4 is 32.5 Å². The number of rotatable bonds is 4. The molecule has 2 aromatic rings. The van der Waals surface area contributed by atoms with Crippen molar-refractivity contribution in [3.05, 3.63) is 40.0 Å². The Morgan fingerprint density at radius 1 is 1.25 bits per heavy atom. The third kappa shape index (κ3) is 3.01. The van der Waals surface area contributed by atoms with Crippen molar-refractivity contribution in [1.82, 2.24) is 9.59 Å². The van der Waals surface area contributed by atoms with E-state index < -0.39 is 0 Å². The molecule has 6 heteroatoms. The van der Waals surface area contributed by atoms with Crippen LogP contribution in [0.1, 0.15) is 11.3 Å². The van der Waals surface area contributed by atoms with Crippen molar-refractivity contribution < 1.29 is 4.74 Å². The fraction of sp³-hybridized carbons (Fsp3) is 0.200. The molecule has 4 nitrogen and oxygen atoms in total. The number of nitrogens with two attached hydrogens (primary N) is 1. The molecule has 0 atom stereocenters. The number of nitrogens with zero attached hydrogens (tertiary/aromatic N) is 2. The third-order valence-electron chi connectivity index (χ3n) is 2.01. The SMILES string of the molecule is Nc1snnc1COCc1ccc(Br)cc1. The zero-order valence-electron chi connectivity index (χ0n) is 8.39. The minimum atomic E-state index is 0.401. The van der Waals surface area contributed by atoms with Gasteiger partial charge in [-0.15, -0.1) is 5.10 Å². The monoisotopic (exact) mass is 299 g/mol. The molecular formula is C10H10BrN3OS. The van der Waals surface area contributed by atoms with E-state index in [4.69, 9.17) is 10.5 Å². The van der Waals surface area contributed by atoms with Gasteiger partial charge >= 0.3 is 0 Å². The minimum absolute atomic E-state index is 0.401. The molecule has 0 spiro atoms. The van der Waals surface area contributed by atoms with Crippen LogP contribution >= 0.6 is 27.5 Å². The lowest BCUT2D eigenvalue weighted by atomic mass is 10.2. The van der Waals surface area contributed by atoms with Gasteiger partial charge in [-0.3, -0.25) is 0 Å². The standard InChI is InChI=1S/C10H10BrN3OS/c11-8-3-1-7(2-4-8)5-15-6-9-10(12)16-14-13-9/h1-4H,5-6,12H2. The number of benzene rings is 1. The average molecular weight is 300 g/mol. The molecule has 2 N–H and O–H groups in total. The van der Waals surface area contributed by atoms with Gasteiger partial charge in [-0.25, -0.2) is 0 Å². The highest BCUT2D eigenvalue weighted by molar-refractivity contribution is 9.10. The van der Waals surface area contributed by atoms with Crippen LogP contribution in [0.25, 0.3) is 0 Å². The van der Waals surface area contributed by atoms with Gasteiger partial charge in [-0.2, -0.15) is 0 Å². The fourth-order valence-electron chi connectivity index (χ4n) is 1.16. The zero-order valence-corrected chi connectivity index (χ0v) is 10.8. The van der Waals surface area contributed by atoms with Gasteiger partial charge in [0.05, 0.1) is 13.2 Å². The summed E-state index contributed by atoms with van der Waals surface area (Å²) >= 11 is 4.56. The van der Waals surface area contributed by atoms with Crippen LogP contribution in [0.4, 0.5) is 5.00 Å². The summed E-state index contributed by atoms with van der Waals surface area (Å²) in [5.74, 6) is 0. The summed E-state index contributed by atoms with van der Waals surface area (Å²) in [5, 5.41) is 4.49. The first-order valence-electron chi connectivity index (χ1n) is 4.64. The molecule has 0 fully saturated rings. The molecule has 1 heterocycles. The fourth-order valence-corrected chi connectivity index (χ4v) is 1.86. The van der Waals surface area contributed by atoms with E-state index in [0.717, 1.165) is 10.0 Å². The first kappa shape index (κ1) is 11.5. The Morgan fingerprint density at radius 2 is 2.00 bits per heavy atom. The van der Waals surface area contributed by atoms with Gasteiger partial charge in [0.25, 0.3) is 0 Å². The maximum Gasteiger partial charge on any atom is 0.133 e. The van der Waals surface area contributed by atoms with Crippen LogP contribution < -0.4 is 5.73 Å². The van der Waals surface area contributed by atoms with Crippen LogP contribution in [0.5, 0.6) is 0 Å². The van der Waals surface area contributed by atoms with Crippen LogP contribution in [0, 0.1) is 0 Å².